The summed E-state index contributed by atoms with van der Waals surface area (Å²) in [5.74, 6) is -0.0694. The van der Waals surface area contributed by atoms with E-state index in [-0.39, 0.29) is 11.8 Å². The third-order valence-electron chi connectivity index (χ3n) is 3.75. The summed E-state index contributed by atoms with van der Waals surface area (Å²) in [6.45, 7) is 1.40. The van der Waals surface area contributed by atoms with Gasteiger partial charge in [0.25, 0.3) is 5.91 Å². The highest BCUT2D eigenvalue weighted by molar-refractivity contribution is 9.10. The van der Waals surface area contributed by atoms with Gasteiger partial charge in [-0.05, 0) is 30.3 Å². The van der Waals surface area contributed by atoms with Crippen LogP contribution in [0.1, 0.15) is 17.4 Å². The molecule has 0 saturated carbocycles. The summed E-state index contributed by atoms with van der Waals surface area (Å²) < 4.78 is 6.15. The molecule has 0 aliphatic carbocycles. The summed E-state index contributed by atoms with van der Waals surface area (Å²) in [5, 5.41) is 12.4. The minimum Gasteiger partial charge on any atom is -0.497 e. The van der Waals surface area contributed by atoms with E-state index in [2.05, 4.69) is 36.8 Å². The molecule has 0 atom stereocenters. The molecule has 7 nitrogen and oxygen atoms in total. The van der Waals surface area contributed by atoms with Crippen LogP contribution < -0.4 is 15.4 Å². The Balaban J connectivity index is 1.83. The molecule has 138 valence electrons. The Morgan fingerprint density at radius 3 is 2.44 bits per heavy atom. The second-order valence-corrected chi connectivity index (χ2v) is 6.64. The van der Waals surface area contributed by atoms with Gasteiger partial charge in [-0.25, -0.2) is 0 Å². The molecule has 2 aromatic carbocycles. The van der Waals surface area contributed by atoms with Gasteiger partial charge < -0.3 is 15.4 Å². The molecule has 3 rings (SSSR count). The molecule has 8 heteroatoms. The summed E-state index contributed by atoms with van der Waals surface area (Å²) in [6, 6.07) is 14.3. The predicted molar refractivity (Wildman–Crippen MR) is 107 cm³/mol. The highest BCUT2D eigenvalue weighted by Gasteiger charge is 2.14. The fourth-order valence-corrected chi connectivity index (χ4v) is 2.71. The highest BCUT2D eigenvalue weighted by Crippen LogP contribution is 2.28. The van der Waals surface area contributed by atoms with Gasteiger partial charge in [0.1, 0.15) is 11.4 Å². The molecule has 0 aliphatic heterocycles. The van der Waals surface area contributed by atoms with Crippen LogP contribution in [0.3, 0.4) is 0 Å². The summed E-state index contributed by atoms with van der Waals surface area (Å²) >= 11 is 3.39. The van der Waals surface area contributed by atoms with Crippen molar-refractivity contribution in [3.8, 4) is 17.0 Å². The van der Waals surface area contributed by atoms with Crippen LogP contribution in [0.25, 0.3) is 11.3 Å². The third-order valence-corrected chi connectivity index (χ3v) is 4.28. The SMILES string of the molecule is COc1ccc(NC(C)=O)c(NC(=O)c2cc(-c3ccc(Br)cc3)n[nH]2)c1. The Hall–Kier alpha value is -3.13. The standard InChI is InChI=1S/C19H17BrN4O3/c1-11(25)21-15-8-7-14(27-2)9-17(15)22-19(26)18-10-16(23-24-18)12-3-5-13(20)6-4-12/h3-10H,1-2H3,(H,21,25)(H,22,26)(H,23,24). The zero-order chi connectivity index (χ0) is 19.4. The Kier molecular flexibility index (Phi) is 5.56. The largest absolute Gasteiger partial charge is 0.497 e. The molecule has 27 heavy (non-hydrogen) atoms. The lowest BCUT2D eigenvalue weighted by atomic mass is 10.1. The van der Waals surface area contributed by atoms with E-state index in [9.17, 15) is 9.59 Å². The van der Waals surface area contributed by atoms with Crippen molar-refractivity contribution in [2.75, 3.05) is 17.7 Å². The van der Waals surface area contributed by atoms with Crippen LogP contribution in [0.2, 0.25) is 0 Å². The lowest BCUT2D eigenvalue weighted by molar-refractivity contribution is -0.114. The number of carbonyl (C=O) groups excluding carboxylic acids is 2. The number of anilines is 2. The van der Waals surface area contributed by atoms with Gasteiger partial charge in [-0.15, -0.1) is 0 Å². The zero-order valence-electron chi connectivity index (χ0n) is 14.7. The number of H-pyrrole nitrogens is 1. The molecule has 0 unspecified atom stereocenters. The topological polar surface area (TPSA) is 96.1 Å². The number of ether oxygens (including phenoxy) is 1. The average Bonchev–Trinajstić information content (AvgIpc) is 3.13. The van der Waals surface area contributed by atoms with Crippen LogP contribution in [0.15, 0.2) is 53.0 Å². The predicted octanol–water partition coefficient (Wildman–Crippen LogP) is 4.06. The van der Waals surface area contributed by atoms with Crippen LogP contribution in [-0.4, -0.2) is 29.1 Å². The highest BCUT2D eigenvalue weighted by atomic mass is 79.9. The molecule has 0 spiro atoms. The quantitative estimate of drug-likeness (QED) is 0.570. The van der Waals surface area contributed by atoms with Gasteiger partial charge in [0, 0.05) is 23.0 Å². The molecule has 3 N–H and O–H groups in total. The van der Waals surface area contributed by atoms with Gasteiger partial charge in [-0.3, -0.25) is 14.7 Å². The van der Waals surface area contributed by atoms with Crippen molar-refractivity contribution in [1.29, 1.82) is 0 Å². The molecule has 2 amide bonds. The molecule has 0 radical (unpaired) electrons. The van der Waals surface area contributed by atoms with Crippen molar-refractivity contribution in [1.82, 2.24) is 10.2 Å². The maximum atomic E-state index is 12.6. The molecular weight excluding hydrogens is 412 g/mol. The monoisotopic (exact) mass is 428 g/mol. The Morgan fingerprint density at radius 2 is 1.78 bits per heavy atom. The van der Waals surface area contributed by atoms with Gasteiger partial charge in [0.15, 0.2) is 0 Å². The van der Waals surface area contributed by atoms with E-state index in [1.54, 1.807) is 24.3 Å². The molecule has 1 aromatic heterocycles. The number of benzene rings is 2. The maximum Gasteiger partial charge on any atom is 0.273 e. The average molecular weight is 429 g/mol. The van der Waals surface area contributed by atoms with Crippen molar-refractivity contribution in [2.24, 2.45) is 0 Å². The van der Waals surface area contributed by atoms with E-state index in [1.807, 2.05) is 24.3 Å². The van der Waals surface area contributed by atoms with Crippen molar-refractivity contribution in [3.63, 3.8) is 0 Å². The van der Waals surface area contributed by atoms with Gasteiger partial charge in [-0.1, -0.05) is 28.1 Å². The van der Waals surface area contributed by atoms with Crippen molar-refractivity contribution in [2.45, 2.75) is 6.92 Å². The van der Waals surface area contributed by atoms with Crippen LogP contribution >= 0.6 is 15.9 Å². The number of aromatic amines is 1. The van der Waals surface area contributed by atoms with Crippen LogP contribution in [0.5, 0.6) is 5.75 Å². The van der Waals surface area contributed by atoms with E-state index in [0.29, 0.717) is 28.5 Å². The first kappa shape index (κ1) is 18.7. The molecule has 1 heterocycles. The molecule has 0 bridgehead atoms. The molecule has 0 saturated heterocycles. The minimum absolute atomic E-state index is 0.241. The second-order valence-electron chi connectivity index (χ2n) is 5.72. The van der Waals surface area contributed by atoms with Crippen molar-refractivity contribution in [3.05, 3.63) is 58.7 Å². The number of hydrogen-bond donors (Lipinski definition) is 3. The number of rotatable bonds is 5. The molecule has 3 aromatic rings. The fraction of sp³-hybridized carbons (Fsp3) is 0.105. The lowest BCUT2D eigenvalue weighted by Gasteiger charge is -2.12. The summed E-state index contributed by atoms with van der Waals surface area (Å²) in [4.78, 5) is 24.0. The number of methoxy groups -OCH3 is 1. The van der Waals surface area contributed by atoms with Crippen LogP contribution in [-0.2, 0) is 4.79 Å². The van der Waals surface area contributed by atoms with E-state index in [0.717, 1.165) is 10.0 Å². The lowest BCUT2D eigenvalue weighted by Crippen LogP contribution is -2.15. The van der Waals surface area contributed by atoms with E-state index >= 15 is 0 Å². The van der Waals surface area contributed by atoms with Gasteiger partial charge in [0.2, 0.25) is 5.91 Å². The number of halogens is 1. The fourth-order valence-electron chi connectivity index (χ4n) is 2.45. The third kappa shape index (κ3) is 4.53. The normalized spacial score (nSPS) is 10.3. The van der Waals surface area contributed by atoms with Crippen molar-refractivity contribution < 1.29 is 14.3 Å². The molecular formula is C19H17BrN4O3. The van der Waals surface area contributed by atoms with Gasteiger partial charge in [0.05, 0.1) is 24.2 Å². The first-order valence-electron chi connectivity index (χ1n) is 8.04. The number of hydrogen-bond acceptors (Lipinski definition) is 4. The van der Waals surface area contributed by atoms with Crippen LogP contribution in [0.4, 0.5) is 11.4 Å². The van der Waals surface area contributed by atoms with Gasteiger partial charge in [-0.2, -0.15) is 5.10 Å². The van der Waals surface area contributed by atoms with E-state index < -0.39 is 0 Å². The van der Waals surface area contributed by atoms with Crippen LogP contribution in [0, 0.1) is 0 Å². The number of carbonyl (C=O) groups is 2. The Bertz CT molecular complexity index is 983. The van der Waals surface area contributed by atoms with E-state index in [1.165, 1.54) is 14.0 Å². The first-order valence-corrected chi connectivity index (χ1v) is 8.84. The smallest absolute Gasteiger partial charge is 0.273 e. The number of amides is 2. The summed E-state index contributed by atoms with van der Waals surface area (Å²) in [5.41, 5.74) is 2.73. The second kappa shape index (κ2) is 8.05. The maximum absolute atomic E-state index is 12.6. The number of nitrogens with zero attached hydrogens (tertiary/aromatic N) is 1. The molecule has 0 aliphatic rings. The zero-order valence-corrected chi connectivity index (χ0v) is 16.3. The summed E-state index contributed by atoms with van der Waals surface area (Å²) in [6.07, 6.45) is 0. The Labute approximate surface area is 164 Å². The van der Waals surface area contributed by atoms with E-state index in [4.69, 9.17) is 4.74 Å². The number of aromatic nitrogens is 2. The minimum atomic E-state index is -0.384. The van der Waals surface area contributed by atoms with Gasteiger partial charge >= 0.3 is 0 Å². The Morgan fingerprint density at radius 1 is 1.04 bits per heavy atom. The van der Waals surface area contributed by atoms with Crippen molar-refractivity contribution >= 4 is 39.1 Å². The summed E-state index contributed by atoms with van der Waals surface area (Å²) in [7, 11) is 1.53. The first-order chi connectivity index (χ1) is 13.0. The molecule has 0 fully saturated rings. The number of nitrogens with one attached hydrogen (secondary N) is 3.